The Balaban J connectivity index is 2.21. The van der Waals surface area contributed by atoms with Crippen LogP contribution in [-0.2, 0) is 20.6 Å². The van der Waals surface area contributed by atoms with Crippen molar-refractivity contribution in [3.05, 3.63) is 35.1 Å². The van der Waals surface area contributed by atoms with E-state index < -0.39 is 33.5 Å². The molecular weight excluding hydrogens is 311 g/mol. The summed E-state index contributed by atoms with van der Waals surface area (Å²) in [6, 6.07) is 5.13. The fraction of sp³-hybridized carbons (Fsp3) is 0.429. The maximum atomic E-state index is 13.1. The molecule has 1 unspecified atom stereocenters. The van der Waals surface area contributed by atoms with Crippen LogP contribution in [-0.4, -0.2) is 36.9 Å². The van der Waals surface area contributed by atoms with E-state index in [0.717, 1.165) is 16.4 Å². The lowest BCUT2D eigenvalue weighted by atomic mass is 10.0. The second-order valence-electron chi connectivity index (χ2n) is 5.20. The van der Waals surface area contributed by atoms with Gasteiger partial charge in [0, 0.05) is 13.1 Å². The summed E-state index contributed by atoms with van der Waals surface area (Å²) in [7, 11) is -3.75. The van der Waals surface area contributed by atoms with Gasteiger partial charge in [0.15, 0.2) is 0 Å². The van der Waals surface area contributed by atoms with E-state index in [4.69, 9.17) is 10.4 Å². The maximum Gasteiger partial charge on any atom is 0.307 e. The summed E-state index contributed by atoms with van der Waals surface area (Å²) in [6.07, 6.45) is 0.923. The van der Waals surface area contributed by atoms with E-state index >= 15 is 0 Å². The Labute approximate surface area is 127 Å². The molecule has 22 heavy (non-hydrogen) atoms. The van der Waals surface area contributed by atoms with Crippen LogP contribution >= 0.6 is 0 Å². The molecule has 1 N–H and O–H groups in total. The van der Waals surface area contributed by atoms with Crippen molar-refractivity contribution >= 4 is 16.0 Å². The highest BCUT2D eigenvalue weighted by atomic mass is 32.2. The molecule has 1 aliphatic rings. The van der Waals surface area contributed by atoms with Gasteiger partial charge < -0.3 is 5.11 Å². The number of carbonyl (C=O) groups is 1. The van der Waals surface area contributed by atoms with Gasteiger partial charge in [0.1, 0.15) is 5.82 Å². The van der Waals surface area contributed by atoms with Gasteiger partial charge in [0.25, 0.3) is 0 Å². The third kappa shape index (κ3) is 3.61. The zero-order valence-corrected chi connectivity index (χ0v) is 12.5. The van der Waals surface area contributed by atoms with Crippen molar-refractivity contribution in [3.63, 3.8) is 0 Å². The number of halogens is 1. The van der Waals surface area contributed by atoms with Crippen molar-refractivity contribution in [2.24, 2.45) is 5.92 Å². The van der Waals surface area contributed by atoms with E-state index in [-0.39, 0.29) is 24.2 Å². The monoisotopic (exact) mass is 326 g/mol. The summed E-state index contributed by atoms with van der Waals surface area (Å²) in [5.41, 5.74) is 0.178. The highest BCUT2D eigenvalue weighted by Gasteiger charge is 2.32. The maximum absolute atomic E-state index is 13.1. The first kappa shape index (κ1) is 16.4. The van der Waals surface area contributed by atoms with Crippen LogP contribution in [0.3, 0.4) is 0 Å². The summed E-state index contributed by atoms with van der Waals surface area (Å²) in [5, 5.41) is 18.0. The second kappa shape index (κ2) is 6.42. The molecule has 1 aliphatic heterocycles. The van der Waals surface area contributed by atoms with Gasteiger partial charge in [-0.25, -0.2) is 17.1 Å². The highest BCUT2D eigenvalue weighted by molar-refractivity contribution is 7.88. The summed E-state index contributed by atoms with van der Waals surface area (Å²) in [4.78, 5) is 11.0. The molecule has 0 aliphatic carbocycles. The van der Waals surface area contributed by atoms with E-state index in [0.29, 0.717) is 12.8 Å². The fourth-order valence-electron chi connectivity index (χ4n) is 2.46. The minimum absolute atomic E-state index is 0.0321. The molecule has 1 aromatic rings. The van der Waals surface area contributed by atoms with Crippen LogP contribution in [0.15, 0.2) is 18.2 Å². The van der Waals surface area contributed by atoms with Gasteiger partial charge in [-0.15, -0.1) is 0 Å². The molecule has 0 spiro atoms. The summed E-state index contributed by atoms with van der Waals surface area (Å²) in [6.45, 7) is 0.190. The minimum atomic E-state index is -3.75. The number of hydrogen-bond donors (Lipinski definition) is 1. The Bertz CT molecular complexity index is 727. The topological polar surface area (TPSA) is 98.5 Å². The molecule has 0 amide bonds. The third-order valence-electron chi connectivity index (χ3n) is 3.66. The van der Waals surface area contributed by atoms with Gasteiger partial charge in [-0.1, -0.05) is 6.07 Å². The molecule has 1 atom stereocenters. The van der Waals surface area contributed by atoms with Crippen molar-refractivity contribution in [1.82, 2.24) is 4.31 Å². The van der Waals surface area contributed by atoms with Gasteiger partial charge in [-0.3, -0.25) is 4.79 Å². The molecule has 0 aromatic heterocycles. The molecule has 8 heteroatoms. The molecule has 0 saturated carbocycles. The van der Waals surface area contributed by atoms with Gasteiger partial charge in [0.2, 0.25) is 10.0 Å². The number of piperidine rings is 1. The average Bonchev–Trinajstić information content (AvgIpc) is 2.49. The smallest absolute Gasteiger partial charge is 0.307 e. The normalized spacial score (nSPS) is 19.5. The van der Waals surface area contributed by atoms with Crippen molar-refractivity contribution in [2.45, 2.75) is 18.6 Å². The summed E-state index contributed by atoms with van der Waals surface area (Å²) in [5.74, 6) is -2.78. The SMILES string of the molecule is N#Cc1cc(F)ccc1CS(=O)(=O)N1CCCC(C(=O)O)C1. The Morgan fingerprint density at radius 1 is 1.50 bits per heavy atom. The van der Waals surface area contributed by atoms with Crippen LogP contribution in [0.4, 0.5) is 4.39 Å². The van der Waals surface area contributed by atoms with Crippen LogP contribution in [0.5, 0.6) is 0 Å². The molecule has 118 valence electrons. The Morgan fingerprint density at radius 2 is 2.23 bits per heavy atom. The number of nitrogens with zero attached hydrogens (tertiary/aromatic N) is 2. The Morgan fingerprint density at radius 3 is 2.86 bits per heavy atom. The number of carboxylic acid groups (broad SMARTS) is 1. The van der Waals surface area contributed by atoms with E-state index in [1.54, 1.807) is 6.07 Å². The largest absolute Gasteiger partial charge is 0.481 e. The predicted octanol–water partition coefficient (Wildman–Crippen LogP) is 1.32. The number of nitriles is 1. The molecule has 1 heterocycles. The van der Waals surface area contributed by atoms with Gasteiger partial charge >= 0.3 is 5.97 Å². The van der Waals surface area contributed by atoms with Crippen molar-refractivity contribution in [1.29, 1.82) is 5.26 Å². The predicted molar refractivity (Wildman–Crippen MR) is 75.7 cm³/mol. The van der Waals surface area contributed by atoms with Crippen LogP contribution in [0.2, 0.25) is 0 Å². The Hall–Kier alpha value is -1.98. The number of aliphatic carboxylic acids is 1. The zero-order valence-electron chi connectivity index (χ0n) is 11.7. The van der Waals surface area contributed by atoms with Crippen molar-refractivity contribution in [2.75, 3.05) is 13.1 Å². The van der Waals surface area contributed by atoms with Crippen molar-refractivity contribution in [3.8, 4) is 6.07 Å². The van der Waals surface area contributed by atoms with Crippen LogP contribution in [0, 0.1) is 23.1 Å². The number of benzene rings is 1. The van der Waals surface area contributed by atoms with Gasteiger partial charge in [-0.2, -0.15) is 5.26 Å². The van der Waals surface area contributed by atoms with Crippen molar-refractivity contribution < 1.29 is 22.7 Å². The summed E-state index contributed by atoms with van der Waals surface area (Å²) >= 11 is 0. The van der Waals surface area contributed by atoms with E-state index in [9.17, 15) is 17.6 Å². The standard InChI is InChI=1S/C14H15FN2O4S/c15-13-4-3-11(12(6-13)7-16)9-22(20,21)17-5-1-2-10(8-17)14(18)19/h3-4,6,10H,1-2,5,8-9H2,(H,18,19). The minimum Gasteiger partial charge on any atom is -0.481 e. The molecule has 6 nitrogen and oxygen atoms in total. The molecule has 1 fully saturated rings. The molecule has 0 radical (unpaired) electrons. The number of sulfonamides is 1. The van der Waals surface area contributed by atoms with Crippen LogP contribution in [0.25, 0.3) is 0 Å². The fourth-order valence-corrected chi connectivity index (χ4v) is 4.10. The number of hydrogen-bond acceptors (Lipinski definition) is 4. The van der Waals surface area contributed by atoms with Gasteiger partial charge in [-0.05, 0) is 30.5 Å². The van der Waals surface area contributed by atoms with E-state index in [1.165, 1.54) is 6.07 Å². The third-order valence-corrected chi connectivity index (χ3v) is 5.45. The first-order chi connectivity index (χ1) is 10.3. The lowest BCUT2D eigenvalue weighted by molar-refractivity contribution is -0.142. The van der Waals surface area contributed by atoms with Crippen LogP contribution < -0.4 is 0 Å². The lowest BCUT2D eigenvalue weighted by Crippen LogP contribution is -2.42. The highest BCUT2D eigenvalue weighted by Crippen LogP contribution is 2.22. The quantitative estimate of drug-likeness (QED) is 0.900. The number of carboxylic acids is 1. The number of rotatable bonds is 4. The van der Waals surface area contributed by atoms with E-state index in [1.807, 2.05) is 0 Å². The first-order valence-electron chi connectivity index (χ1n) is 6.72. The average molecular weight is 326 g/mol. The van der Waals surface area contributed by atoms with E-state index in [2.05, 4.69) is 0 Å². The molecule has 1 saturated heterocycles. The first-order valence-corrected chi connectivity index (χ1v) is 8.33. The zero-order chi connectivity index (χ0) is 16.3. The molecule has 2 rings (SSSR count). The molecule has 0 bridgehead atoms. The summed E-state index contributed by atoms with van der Waals surface area (Å²) < 4.78 is 39.0. The lowest BCUT2D eigenvalue weighted by Gasteiger charge is -2.29. The molecule has 1 aromatic carbocycles. The Kier molecular flexibility index (Phi) is 4.78. The van der Waals surface area contributed by atoms with Crippen LogP contribution in [0.1, 0.15) is 24.0 Å². The second-order valence-corrected chi connectivity index (χ2v) is 7.17. The van der Waals surface area contributed by atoms with Gasteiger partial charge in [0.05, 0.1) is 23.3 Å². The molecular formula is C14H15FN2O4S.